The molecule has 17 heavy (non-hydrogen) atoms. The number of rotatable bonds is 2. The Kier molecular flexibility index (Phi) is 3.38. The van der Waals surface area contributed by atoms with Crippen LogP contribution in [0.2, 0.25) is 0 Å². The minimum absolute atomic E-state index is 0.210. The molecule has 2 rings (SSSR count). The first-order valence-corrected chi connectivity index (χ1v) is 5.56. The summed E-state index contributed by atoms with van der Waals surface area (Å²) in [4.78, 5) is 0. The second-order valence-corrected chi connectivity index (χ2v) is 4.31. The van der Waals surface area contributed by atoms with Gasteiger partial charge in [-0.2, -0.15) is 13.2 Å². The number of alkyl halides is 3. The van der Waals surface area contributed by atoms with E-state index in [1.54, 1.807) is 0 Å². The van der Waals surface area contributed by atoms with Gasteiger partial charge in [0, 0.05) is 6.04 Å². The normalized spacial score (nSPS) is 20.8. The number of hydrogen-bond acceptors (Lipinski definition) is 1. The van der Waals surface area contributed by atoms with Crippen molar-refractivity contribution in [3.63, 3.8) is 0 Å². The molecule has 1 nitrogen and oxygen atoms in total. The Morgan fingerprint density at radius 3 is 2.65 bits per heavy atom. The summed E-state index contributed by atoms with van der Waals surface area (Å²) in [6.07, 6.45) is -2.11. The van der Waals surface area contributed by atoms with Crippen molar-refractivity contribution in [1.29, 1.82) is 0 Å². The standard InChI is InChI=1S/C12H13F4N/c13-11-4-3-8(6-9-2-1-5-17-9)7-10(11)12(14,15)16/h3-4,7,9,17H,1-2,5-6H2. The molecule has 1 fully saturated rings. The van der Waals surface area contributed by atoms with E-state index in [0.29, 0.717) is 12.0 Å². The quantitative estimate of drug-likeness (QED) is 0.792. The van der Waals surface area contributed by atoms with Crippen LogP contribution in [0.3, 0.4) is 0 Å². The molecule has 0 amide bonds. The van der Waals surface area contributed by atoms with Crippen LogP contribution >= 0.6 is 0 Å². The molecule has 5 heteroatoms. The molecule has 1 aliphatic heterocycles. The number of hydrogen-bond donors (Lipinski definition) is 1. The molecule has 1 unspecified atom stereocenters. The summed E-state index contributed by atoms with van der Waals surface area (Å²) < 4.78 is 50.5. The minimum Gasteiger partial charge on any atom is -0.314 e. The van der Waals surface area contributed by atoms with E-state index in [4.69, 9.17) is 0 Å². The Labute approximate surface area is 96.8 Å². The van der Waals surface area contributed by atoms with Gasteiger partial charge in [-0.3, -0.25) is 0 Å². The third-order valence-electron chi connectivity index (χ3n) is 2.98. The highest BCUT2D eigenvalue weighted by Crippen LogP contribution is 2.32. The third kappa shape index (κ3) is 2.97. The largest absolute Gasteiger partial charge is 0.419 e. The Balaban J connectivity index is 2.18. The first-order chi connectivity index (χ1) is 7.97. The summed E-state index contributed by atoms with van der Waals surface area (Å²) in [6, 6.07) is 3.44. The van der Waals surface area contributed by atoms with Crippen LogP contribution < -0.4 is 5.32 Å². The van der Waals surface area contributed by atoms with Crippen LogP contribution in [0.4, 0.5) is 17.6 Å². The summed E-state index contributed by atoms with van der Waals surface area (Å²) in [5.41, 5.74) is -0.647. The Morgan fingerprint density at radius 1 is 1.29 bits per heavy atom. The molecule has 0 aromatic heterocycles. The van der Waals surface area contributed by atoms with Crippen molar-refractivity contribution < 1.29 is 17.6 Å². The van der Waals surface area contributed by atoms with Gasteiger partial charge in [-0.25, -0.2) is 4.39 Å². The first-order valence-electron chi connectivity index (χ1n) is 5.56. The zero-order valence-corrected chi connectivity index (χ0v) is 9.15. The van der Waals surface area contributed by atoms with Crippen molar-refractivity contribution >= 4 is 0 Å². The van der Waals surface area contributed by atoms with Gasteiger partial charge in [0.2, 0.25) is 0 Å². The van der Waals surface area contributed by atoms with Crippen LogP contribution in [0.5, 0.6) is 0 Å². The van der Waals surface area contributed by atoms with Gasteiger partial charge in [0.1, 0.15) is 5.82 Å². The van der Waals surface area contributed by atoms with E-state index in [2.05, 4.69) is 5.32 Å². The lowest BCUT2D eigenvalue weighted by atomic mass is 10.0. The Hall–Kier alpha value is -1.10. The van der Waals surface area contributed by atoms with Crippen LogP contribution in [0.15, 0.2) is 18.2 Å². The van der Waals surface area contributed by atoms with E-state index in [1.165, 1.54) is 6.07 Å². The van der Waals surface area contributed by atoms with Gasteiger partial charge in [-0.05, 0) is 43.5 Å². The van der Waals surface area contributed by atoms with Gasteiger partial charge >= 0.3 is 6.18 Å². The summed E-state index contributed by atoms with van der Waals surface area (Å²) >= 11 is 0. The maximum absolute atomic E-state index is 13.0. The lowest BCUT2D eigenvalue weighted by Crippen LogP contribution is -2.23. The molecule has 1 heterocycles. The average Bonchev–Trinajstić information content (AvgIpc) is 2.72. The molecule has 1 atom stereocenters. The SMILES string of the molecule is Fc1ccc(CC2CCCN2)cc1C(F)(F)F. The maximum Gasteiger partial charge on any atom is 0.419 e. The van der Waals surface area contributed by atoms with Gasteiger partial charge in [0.15, 0.2) is 0 Å². The van der Waals surface area contributed by atoms with Gasteiger partial charge in [0.25, 0.3) is 0 Å². The summed E-state index contributed by atoms with van der Waals surface area (Å²) in [5.74, 6) is -1.21. The van der Waals surface area contributed by atoms with Crippen molar-refractivity contribution in [1.82, 2.24) is 5.32 Å². The van der Waals surface area contributed by atoms with E-state index in [0.717, 1.165) is 31.5 Å². The fourth-order valence-electron chi connectivity index (χ4n) is 2.13. The molecule has 1 aromatic rings. The van der Waals surface area contributed by atoms with Crippen LogP contribution in [-0.4, -0.2) is 12.6 Å². The van der Waals surface area contributed by atoms with E-state index in [1.807, 2.05) is 0 Å². The molecule has 94 valence electrons. The monoisotopic (exact) mass is 247 g/mol. The van der Waals surface area contributed by atoms with Gasteiger partial charge < -0.3 is 5.32 Å². The molecule has 0 radical (unpaired) electrons. The van der Waals surface area contributed by atoms with Crippen LogP contribution in [-0.2, 0) is 12.6 Å². The van der Waals surface area contributed by atoms with E-state index >= 15 is 0 Å². The molecule has 1 aliphatic rings. The molecular weight excluding hydrogens is 234 g/mol. The molecule has 1 saturated heterocycles. The summed E-state index contributed by atoms with van der Waals surface area (Å²) in [6.45, 7) is 0.901. The fraction of sp³-hybridized carbons (Fsp3) is 0.500. The maximum atomic E-state index is 13.0. The second-order valence-electron chi connectivity index (χ2n) is 4.31. The van der Waals surface area contributed by atoms with E-state index in [9.17, 15) is 17.6 Å². The van der Waals surface area contributed by atoms with Gasteiger partial charge in [-0.1, -0.05) is 6.07 Å². The van der Waals surface area contributed by atoms with Crippen LogP contribution in [0.1, 0.15) is 24.0 Å². The lowest BCUT2D eigenvalue weighted by molar-refractivity contribution is -0.140. The van der Waals surface area contributed by atoms with E-state index < -0.39 is 17.6 Å². The molecular formula is C12H13F4N. The lowest BCUT2D eigenvalue weighted by Gasteiger charge is -2.13. The van der Waals surface area contributed by atoms with Crippen LogP contribution in [0, 0.1) is 5.82 Å². The van der Waals surface area contributed by atoms with Crippen molar-refractivity contribution in [2.45, 2.75) is 31.5 Å². The fourth-order valence-corrected chi connectivity index (χ4v) is 2.13. The molecule has 0 saturated carbocycles. The highest BCUT2D eigenvalue weighted by molar-refractivity contribution is 5.28. The van der Waals surface area contributed by atoms with Crippen molar-refractivity contribution in [2.75, 3.05) is 6.54 Å². The zero-order valence-electron chi connectivity index (χ0n) is 9.15. The highest BCUT2D eigenvalue weighted by atomic mass is 19.4. The topological polar surface area (TPSA) is 12.0 Å². The Morgan fingerprint density at radius 2 is 2.06 bits per heavy atom. The summed E-state index contributed by atoms with van der Waals surface area (Å²) in [5, 5.41) is 3.20. The predicted octanol–water partition coefficient (Wildman–Crippen LogP) is 3.14. The molecule has 1 N–H and O–H groups in total. The third-order valence-corrected chi connectivity index (χ3v) is 2.98. The molecule has 1 aromatic carbocycles. The molecule has 0 bridgehead atoms. The average molecular weight is 247 g/mol. The highest BCUT2D eigenvalue weighted by Gasteiger charge is 2.34. The van der Waals surface area contributed by atoms with Gasteiger partial charge in [-0.15, -0.1) is 0 Å². The second kappa shape index (κ2) is 4.64. The molecule has 0 aliphatic carbocycles. The van der Waals surface area contributed by atoms with Crippen molar-refractivity contribution in [3.8, 4) is 0 Å². The number of nitrogens with one attached hydrogen (secondary N) is 1. The van der Waals surface area contributed by atoms with Crippen molar-refractivity contribution in [2.24, 2.45) is 0 Å². The van der Waals surface area contributed by atoms with E-state index in [-0.39, 0.29) is 6.04 Å². The predicted molar refractivity (Wildman–Crippen MR) is 56.1 cm³/mol. The van der Waals surface area contributed by atoms with Gasteiger partial charge in [0.05, 0.1) is 5.56 Å². The molecule has 0 spiro atoms. The first kappa shape index (κ1) is 12.4. The van der Waals surface area contributed by atoms with Crippen molar-refractivity contribution in [3.05, 3.63) is 35.1 Å². The number of benzene rings is 1. The smallest absolute Gasteiger partial charge is 0.314 e. The zero-order chi connectivity index (χ0) is 12.5. The minimum atomic E-state index is -4.62. The van der Waals surface area contributed by atoms with Crippen LogP contribution in [0.25, 0.3) is 0 Å². The summed E-state index contributed by atoms with van der Waals surface area (Å²) in [7, 11) is 0. The number of halogens is 4. The Bertz CT molecular complexity index is 394.